The number of rotatable bonds is 6. The predicted molar refractivity (Wildman–Crippen MR) is 80.8 cm³/mol. The summed E-state index contributed by atoms with van der Waals surface area (Å²) in [5, 5.41) is 3.30. The van der Waals surface area contributed by atoms with Crippen molar-refractivity contribution in [2.45, 2.75) is 25.8 Å². The van der Waals surface area contributed by atoms with Crippen LogP contribution in [0.5, 0.6) is 5.75 Å². The third-order valence-electron chi connectivity index (χ3n) is 3.84. The second-order valence-electron chi connectivity index (χ2n) is 5.32. The van der Waals surface area contributed by atoms with Crippen LogP contribution in [0, 0.1) is 5.92 Å². The first-order valence-corrected chi connectivity index (χ1v) is 8.97. The van der Waals surface area contributed by atoms with Crippen molar-refractivity contribution < 1.29 is 13.2 Å². The first-order chi connectivity index (χ1) is 9.55. The van der Waals surface area contributed by atoms with Crippen LogP contribution in [0.2, 0.25) is 0 Å². The second-order valence-corrected chi connectivity index (χ2v) is 7.55. The molecule has 1 aromatic carbocycles. The standard InChI is InChI=1S/C15H23NO3S/c1-3-19-15-7-5-4-6-13(15)14(16-2)10-12-8-9-20(17,18)11-12/h4-7,12,14,16H,3,8-11H2,1-2H3. The van der Waals surface area contributed by atoms with Gasteiger partial charge in [0.15, 0.2) is 9.84 Å². The summed E-state index contributed by atoms with van der Waals surface area (Å²) in [6, 6.07) is 8.11. The number of benzene rings is 1. The fraction of sp³-hybridized carbons (Fsp3) is 0.600. The Balaban J connectivity index is 2.12. The molecule has 0 aliphatic carbocycles. The van der Waals surface area contributed by atoms with Gasteiger partial charge in [-0.1, -0.05) is 18.2 Å². The molecule has 0 spiro atoms. The quantitative estimate of drug-likeness (QED) is 0.874. The van der Waals surface area contributed by atoms with Gasteiger partial charge in [-0.25, -0.2) is 8.42 Å². The van der Waals surface area contributed by atoms with Crippen molar-refractivity contribution in [3.05, 3.63) is 29.8 Å². The molecule has 1 saturated heterocycles. The molecule has 1 fully saturated rings. The van der Waals surface area contributed by atoms with Gasteiger partial charge in [0.25, 0.3) is 0 Å². The van der Waals surface area contributed by atoms with Crippen LogP contribution in [0.15, 0.2) is 24.3 Å². The molecule has 0 radical (unpaired) electrons. The number of para-hydroxylation sites is 1. The number of hydrogen-bond acceptors (Lipinski definition) is 4. The van der Waals surface area contributed by atoms with Gasteiger partial charge in [0, 0.05) is 11.6 Å². The first-order valence-electron chi connectivity index (χ1n) is 7.15. The average molecular weight is 297 g/mol. The third kappa shape index (κ3) is 3.73. The van der Waals surface area contributed by atoms with Gasteiger partial charge in [-0.3, -0.25) is 0 Å². The molecule has 0 bridgehead atoms. The van der Waals surface area contributed by atoms with E-state index in [2.05, 4.69) is 11.4 Å². The molecule has 1 N–H and O–H groups in total. The molecule has 0 amide bonds. The van der Waals surface area contributed by atoms with E-state index in [-0.39, 0.29) is 12.0 Å². The highest BCUT2D eigenvalue weighted by atomic mass is 32.2. The van der Waals surface area contributed by atoms with Crippen LogP contribution in [0.1, 0.15) is 31.4 Å². The molecule has 0 saturated carbocycles. The van der Waals surface area contributed by atoms with Crippen molar-refractivity contribution >= 4 is 9.84 Å². The largest absolute Gasteiger partial charge is 0.494 e. The van der Waals surface area contributed by atoms with Gasteiger partial charge in [0.1, 0.15) is 5.75 Å². The van der Waals surface area contributed by atoms with Crippen molar-refractivity contribution in [1.29, 1.82) is 0 Å². The predicted octanol–water partition coefficient (Wildman–Crippen LogP) is 2.17. The minimum absolute atomic E-state index is 0.135. The Bertz CT molecular complexity index is 542. The van der Waals surface area contributed by atoms with Crippen LogP contribution in [0.4, 0.5) is 0 Å². The van der Waals surface area contributed by atoms with E-state index < -0.39 is 9.84 Å². The van der Waals surface area contributed by atoms with Crippen molar-refractivity contribution in [2.24, 2.45) is 5.92 Å². The van der Waals surface area contributed by atoms with E-state index in [0.29, 0.717) is 18.1 Å². The maximum atomic E-state index is 11.6. The molecule has 1 aliphatic heterocycles. The maximum absolute atomic E-state index is 11.6. The fourth-order valence-electron chi connectivity index (χ4n) is 2.85. The molecular formula is C15H23NO3S. The van der Waals surface area contributed by atoms with Crippen molar-refractivity contribution in [3.8, 4) is 5.75 Å². The molecule has 4 nitrogen and oxygen atoms in total. The first kappa shape index (κ1) is 15.3. The topological polar surface area (TPSA) is 55.4 Å². The molecule has 0 aromatic heterocycles. The number of nitrogens with one attached hydrogen (secondary N) is 1. The van der Waals surface area contributed by atoms with Gasteiger partial charge in [-0.15, -0.1) is 0 Å². The Kier molecular flexibility index (Phi) is 5.05. The molecule has 5 heteroatoms. The highest BCUT2D eigenvalue weighted by molar-refractivity contribution is 7.91. The summed E-state index contributed by atoms with van der Waals surface area (Å²) in [7, 11) is -0.897. The van der Waals surface area contributed by atoms with Crippen LogP contribution in [0.25, 0.3) is 0 Å². The third-order valence-corrected chi connectivity index (χ3v) is 5.68. The monoisotopic (exact) mass is 297 g/mol. The van der Waals surface area contributed by atoms with E-state index in [1.54, 1.807) is 0 Å². The zero-order valence-electron chi connectivity index (χ0n) is 12.1. The molecular weight excluding hydrogens is 274 g/mol. The van der Waals surface area contributed by atoms with Crippen LogP contribution in [-0.4, -0.2) is 33.6 Å². The van der Waals surface area contributed by atoms with E-state index in [1.807, 2.05) is 32.2 Å². The van der Waals surface area contributed by atoms with E-state index in [1.165, 1.54) is 0 Å². The minimum atomic E-state index is -2.81. The average Bonchev–Trinajstić information content (AvgIpc) is 2.77. The van der Waals surface area contributed by atoms with E-state index in [9.17, 15) is 8.42 Å². The summed E-state index contributed by atoms with van der Waals surface area (Å²) in [6.45, 7) is 2.60. The van der Waals surface area contributed by atoms with Crippen LogP contribution >= 0.6 is 0 Å². The zero-order valence-corrected chi connectivity index (χ0v) is 12.9. The summed E-state index contributed by atoms with van der Waals surface area (Å²) in [5.74, 6) is 1.78. The Labute approximate surface area is 121 Å². The lowest BCUT2D eigenvalue weighted by Gasteiger charge is -2.22. The fourth-order valence-corrected chi connectivity index (χ4v) is 4.73. The van der Waals surface area contributed by atoms with E-state index >= 15 is 0 Å². The highest BCUT2D eigenvalue weighted by Gasteiger charge is 2.30. The van der Waals surface area contributed by atoms with E-state index in [0.717, 1.165) is 24.2 Å². The summed E-state index contributed by atoms with van der Waals surface area (Å²) in [6.07, 6.45) is 1.61. The lowest BCUT2D eigenvalue weighted by atomic mass is 9.94. The lowest BCUT2D eigenvalue weighted by Crippen LogP contribution is -2.21. The SMILES string of the molecule is CCOc1ccccc1C(CC1CCS(=O)(=O)C1)NC. The molecule has 1 heterocycles. The van der Waals surface area contributed by atoms with Gasteiger partial charge in [-0.05, 0) is 38.8 Å². The number of hydrogen-bond donors (Lipinski definition) is 1. The molecule has 1 aromatic rings. The smallest absolute Gasteiger partial charge is 0.150 e. The van der Waals surface area contributed by atoms with Crippen LogP contribution < -0.4 is 10.1 Å². The van der Waals surface area contributed by atoms with Gasteiger partial charge in [0.05, 0.1) is 18.1 Å². The van der Waals surface area contributed by atoms with Gasteiger partial charge in [-0.2, -0.15) is 0 Å². The summed E-state index contributed by atoms with van der Waals surface area (Å²) < 4.78 is 28.8. The minimum Gasteiger partial charge on any atom is -0.494 e. The Morgan fingerprint density at radius 1 is 1.40 bits per heavy atom. The number of ether oxygens (including phenoxy) is 1. The Morgan fingerprint density at radius 2 is 2.15 bits per heavy atom. The van der Waals surface area contributed by atoms with Crippen molar-refractivity contribution in [1.82, 2.24) is 5.32 Å². The molecule has 2 atom stereocenters. The van der Waals surface area contributed by atoms with Gasteiger partial charge >= 0.3 is 0 Å². The maximum Gasteiger partial charge on any atom is 0.150 e. The summed E-state index contributed by atoms with van der Waals surface area (Å²) >= 11 is 0. The summed E-state index contributed by atoms with van der Waals surface area (Å²) in [5.41, 5.74) is 1.11. The Morgan fingerprint density at radius 3 is 2.75 bits per heavy atom. The zero-order chi connectivity index (χ0) is 14.6. The molecule has 1 aliphatic rings. The lowest BCUT2D eigenvalue weighted by molar-refractivity contribution is 0.327. The number of sulfone groups is 1. The Hall–Kier alpha value is -1.07. The van der Waals surface area contributed by atoms with Gasteiger partial charge < -0.3 is 10.1 Å². The molecule has 2 unspecified atom stereocenters. The van der Waals surface area contributed by atoms with Crippen LogP contribution in [-0.2, 0) is 9.84 Å². The van der Waals surface area contributed by atoms with Crippen molar-refractivity contribution in [3.63, 3.8) is 0 Å². The van der Waals surface area contributed by atoms with Crippen molar-refractivity contribution in [2.75, 3.05) is 25.2 Å². The normalized spacial score (nSPS) is 22.6. The molecule has 112 valence electrons. The molecule has 2 rings (SSSR count). The molecule has 20 heavy (non-hydrogen) atoms. The van der Waals surface area contributed by atoms with Gasteiger partial charge in [0.2, 0.25) is 0 Å². The second kappa shape index (κ2) is 6.59. The van der Waals surface area contributed by atoms with Crippen LogP contribution in [0.3, 0.4) is 0 Å². The highest BCUT2D eigenvalue weighted by Crippen LogP contribution is 2.33. The summed E-state index contributed by atoms with van der Waals surface area (Å²) in [4.78, 5) is 0. The van der Waals surface area contributed by atoms with E-state index in [4.69, 9.17) is 4.74 Å².